The van der Waals surface area contributed by atoms with Crippen LogP contribution in [0.25, 0.3) is 0 Å². The highest BCUT2D eigenvalue weighted by Gasteiger charge is 2.17. The molecule has 1 aromatic heterocycles. The molecule has 0 aliphatic heterocycles. The van der Waals surface area contributed by atoms with Gasteiger partial charge >= 0.3 is 0 Å². The molecule has 0 aliphatic carbocycles. The van der Waals surface area contributed by atoms with Crippen molar-refractivity contribution in [2.24, 2.45) is 0 Å². The highest BCUT2D eigenvalue weighted by Crippen LogP contribution is 2.27. The van der Waals surface area contributed by atoms with Crippen LogP contribution in [0.3, 0.4) is 0 Å². The lowest BCUT2D eigenvalue weighted by molar-refractivity contribution is 0.587. The van der Waals surface area contributed by atoms with Gasteiger partial charge in [0.1, 0.15) is 0 Å². The van der Waals surface area contributed by atoms with Gasteiger partial charge in [0, 0.05) is 6.20 Å². The standard InChI is InChI=1S/C17H24BrN3/c1-11-7-14(17(4,5)6)8-12(2)15(11)9-21-10-16(13(3)18)19-20-21/h7-8,10,13H,9H2,1-6H3. The summed E-state index contributed by atoms with van der Waals surface area (Å²) in [4.78, 5) is 0.233. The van der Waals surface area contributed by atoms with Crippen molar-refractivity contribution >= 4 is 15.9 Å². The molecule has 1 aromatic carbocycles. The van der Waals surface area contributed by atoms with E-state index < -0.39 is 0 Å². The molecular formula is C17H24BrN3. The quantitative estimate of drug-likeness (QED) is 0.752. The van der Waals surface area contributed by atoms with Gasteiger partial charge in [-0.1, -0.05) is 54.0 Å². The summed E-state index contributed by atoms with van der Waals surface area (Å²) in [5, 5.41) is 8.42. The third-order valence-corrected chi connectivity index (χ3v) is 4.32. The zero-order chi connectivity index (χ0) is 15.8. The topological polar surface area (TPSA) is 30.7 Å². The second-order valence-electron chi connectivity index (χ2n) is 6.80. The molecule has 0 aliphatic rings. The van der Waals surface area contributed by atoms with Crippen molar-refractivity contribution in [2.75, 3.05) is 0 Å². The van der Waals surface area contributed by atoms with Gasteiger partial charge in [0.25, 0.3) is 0 Å². The van der Waals surface area contributed by atoms with Crippen molar-refractivity contribution in [3.63, 3.8) is 0 Å². The Kier molecular flexibility index (Phi) is 4.57. The monoisotopic (exact) mass is 349 g/mol. The molecule has 0 N–H and O–H groups in total. The Morgan fingerprint density at radius 1 is 1.19 bits per heavy atom. The van der Waals surface area contributed by atoms with Crippen molar-refractivity contribution in [3.05, 3.63) is 46.3 Å². The van der Waals surface area contributed by atoms with Crippen LogP contribution >= 0.6 is 15.9 Å². The first-order valence-corrected chi connectivity index (χ1v) is 8.24. The van der Waals surface area contributed by atoms with Crippen LogP contribution in [0.2, 0.25) is 0 Å². The van der Waals surface area contributed by atoms with Gasteiger partial charge in [0.05, 0.1) is 17.1 Å². The van der Waals surface area contributed by atoms with E-state index in [1.807, 2.05) is 10.9 Å². The van der Waals surface area contributed by atoms with Crippen molar-refractivity contribution in [1.82, 2.24) is 15.0 Å². The molecule has 0 saturated carbocycles. The minimum atomic E-state index is 0.180. The number of benzene rings is 1. The van der Waals surface area contributed by atoms with E-state index in [9.17, 15) is 0 Å². The van der Waals surface area contributed by atoms with Gasteiger partial charge in [-0.05, 0) is 48.4 Å². The van der Waals surface area contributed by atoms with Gasteiger partial charge in [0.2, 0.25) is 0 Å². The molecule has 114 valence electrons. The van der Waals surface area contributed by atoms with E-state index in [1.54, 1.807) is 0 Å². The SMILES string of the molecule is Cc1cc(C(C)(C)C)cc(C)c1Cn1cc(C(C)Br)nn1. The normalized spacial score (nSPS) is 13.5. The molecule has 2 rings (SSSR count). The fourth-order valence-corrected chi connectivity index (χ4v) is 2.62. The predicted molar refractivity (Wildman–Crippen MR) is 91.1 cm³/mol. The summed E-state index contributed by atoms with van der Waals surface area (Å²) in [5.74, 6) is 0. The van der Waals surface area contributed by atoms with Crippen LogP contribution in [0.4, 0.5) is 0 Å². The molecule has 1 atom stereocenters. The van der Waals surface area contributed by atoms with E-state index in [0.29, 0.717) is 0 Å². The third kappa shape index (κ3) is 3.73. The van der Waals surface area contributed by atoms with Crippen molar-refractivity contribution in [2.45, 2.75) is 58.3 Å². The Morgan fingerprint density at radius 2 is 1.76 bits per heavy atom. The maximum atomic E-state index is 4.22. The van der Waals surface area contributed by atoms with Crippen LogP contribution in [-0.4, -0.2) is 15.0 Å². The Morgan fingerprint density at radius 3 is 2.19 bits per heavy atom. The van der Waals surface area contributed by atoms with Crippen molar-refractivity contribution in [3.8, 4) is 0 Å². The maximum absolute atomic E-state index is 4.22. The fourth-order valence-electron chi connectivity index (χ4n) is 2.41. The fraction of sp³-hybridized carbons (Fsp3) is 0.529. The molecule has 0 saturated heterocycles. The smallest absolute Gasteiger partial charge is 0.0960 e. The van der Waals surface area contributed by atoms with Gasteiger partial charge in [-0.2, -0.15) is 0 Å². The van der Waals surface area contributed by atoms with E-state index in [-0.39, 0.29) is 10.2 Å². The summed E-state index contributed by atoms with van der Waals surface area (Å²) in [5.41, 5.74) is 6.51. The van der Waals surface area contributed by atoms with E-state index in [1.165, 1.54) is 22.3 Å². The molecule has 0 spiro atoms. The summed E-state index contributed by atoms with van der Waals surface area (Å²) in [6, 6.07) is 4.60. The number of hydrogen-bond acceptors (Lipinski definition) is 2. The second kappa shape index (κ2) is 5.91. The maximum Gasteiger partial charge on any atom is 0.0960 e. The molecule has 3 nitrogen and oxygen atoms in total. The number of aromatic nitrogens is 3. The molecule has 1 heterocycles. The lowest BCUT2D eigenvalue weighted by Crippen LogP contribution is -2.13. The van der Waals surface area contributed by atoms with Crippen LogP contribution < -0.4 is 0 Å². The van der Waals surface area contributed by atoms with E-state index >= 15 is 0 Å². The molecule has 2 aromatic rings. The van der Waals surface area contributed by atoms with Gasteiger partial charge in [-0.3, -0.25) is 0 Å². The zero-order valence-corrected chi connectivity index (χ0v) is 15.3. The largest absolute Gasteiger partial charge is 0.248 e. The summed E-state index contributed by atoms with van der Waals surface area (Å²) in [7, 11) is 0. The van der Waals surface area contributed by atoms with Gasteiger partial charge in [0.15, 0.2) is 0 Å². The first-order valence-electron chi connectivity index (χ1n) is 7.33. The minimum Gasteiger partial charge on any atom is -0.248 e. The third-order valence-electron chi connectivity index (χ3n) is 3.85. The Bertz CT molecular complexity index is 613. The number of alkyl halides is 1. The lowest BCUT2D eigenvalue weighted by atomic mass is 9.84. The van der Waals surface area contributed by atoms with Crippen LogP contribution in [-0.2, 0) is 12.0 Å². The molecule has 0 radical (unpaired) electrons. The van der Waals surface area contributed by atoms with Crippen LogP contribution in [0.5, 0.6) is 0 Å². The first kappa shape index (κ1) is 16.2. The zero-order valence-electron chi connectivity index (χ0n) is 13.7. The summed E-state index contributed by atoms with van der Waals surface area (Å²) < 4.78 is 1.92. The van der Waals surface area contributed by atoms with Crippen LogP contribution in [0.1, 0.15) is 60.5 Å². The number of aryl methyl sites for hydroxylation is 2. The summed E-state index contributed by atoms with van der Waals surface area (Å²) >= 11 is 3.53. The highest BCUT2D eigenvalue weighted by molar-refractivity contribution is 9.09. The second-order valence-corrected chi connectivity index (χ2v) is 8.17. The van der Waals surface area contributed by atoms with Crippen LogP contribution in [0, 0.1) is 13.8 Å². The Labute approximate surface area is 135 Å². The predicted octanol–water partition coefficient (Wildman–Crippen LogP) is 4.70. The van der Waals surface area contributed by atoms with E-state index in [4.69, 9.17) is 0 Å². The molecule has 1 unspecified atom stereocenters. The summed E-state index contributed by atoms with van der Waals surface area (Å²) in [6.07, 6.45) is 2.01. The highest BCUT2D eigenvalue weighted by atomic mass is 79.9. The molecule has 21 heavy (non-hydrogen) atoms. The minimum absolute atomic E-state index is 0.180. The van der Waals surface area contributed by atoms with E-state index in [0.717, 1.165) is 12.2 Å². The molecule has 0 amide bonds. The molecule has 4 heteroatoms. The number of rotatable bonds is 3. The van der Waals surface area contributed by atoms with E-state index in [2.05, 4.69) is 79.9 Å². The first-order chi connectivity index (χ1) is 9.68. The average molecular weight is 350 g/mol. The van der Waals surface area contributed by atoms with Crippen molar-refractivity contribution < 1.29 is 0 Å². The Balaban J connectivity index is 2.32. The van der Waals surface area contributed by atoms with Gasteiger partial charge < -0.3 is 0 Å². The molecule has 0 bridgehead atoms. The summed E-state index contributed by atoms with van der Waals surface area (Å²) in [6.45, 7) is 14.0. The Hall–Kier alpha value is -1.16. The number of nitrogens with zero attached hydrogens (tertiary/aromatic N) is 3. The molecular weight excluding hydrogens is 326 g/mol. The van der Waals surface area contributed by atoms with Crippen molar-refractivity contribution in [1.29, 1.82) is 0 Å². The number of halogens is 1. The number of hydrogen-bond donors (Lipinski definition) is 0. The van der Waals surface area contributed by atoms with Gasteiger partial charge in [-0.15, -0.1) is 5.10 Å². The molecule has 0 fully saturated rings. The average Bonchev–Trinajstić information content (AvgIpc) is 2.81. The van der Waals surface area contributed by atoms with Crippen LogP contribution in [0.15, 0.2) is 18.3 Å². The lowest BCUT2D eigenvalue weighted by Gasteiger charge is -2.22. The van der Waals surface area contributed by atoms with Gasteiger partial charge in [-0.25, -0.2) is 4.68 Å².